The number of fused-ring (bicyclic) bond motifs is 3. The van der Waals surface area contributed by atoms with Crippen molar-refractivity contribution in [3.8, 4) is 50.1 Å². The van der Waals surface area contributed by atoms with E-state index in [-0.39, 0.29) is 18.3 Å². The molecule has 9 aromatic rings. The average Bonchev–Trinajstić information content (AvgIpc) is 4.36. The number of aromatic nitrogens is 6. The molecule has 414 valence electrons. The second-order valence-corrected chi connectivity index (χ2v) is 21.7. The summed E-state index contributed by atoms with van der Waals surface area (Å²) in [7, 11) is 4.01. The number of benzene rings is 4. The third kappa shape index (κ3) is 13.7. The summed E-state index contributed by atoms with van der Waals surface area (Å²) in [5.74, 6) is 3.24. The normalized spacial score (nSPS) is 15.6. The first-order valence-corrected chi connectivity index (χ1v) is 28.2. The van der Waals surface area contributed by atoms with Crippen molar-refractivity contribution < 1.29 is 57.0 Å². The van der Waals surface area contributed by atoms with E-state index in [9.17, 15) is 14.4 Å². The third-order valence-electron chi connectivity index (χ3n) is 13.1. The molecule has 0 N–H and O–H groups in total. The number of carbonyl (C=O) groups excluding carboxylic acids is 3. The Balaban J connectivity index is 0.000000136. The van der Waals surface area contributed by atoms with Gasteiger partial charge in [-0.05, 0) is 146 Å². The lowest BCUT2D eigenvalue weighted by molar-refractivity contribution is 0.0597. The fourth-order valence-electron chi connectivity index (χ4n) is 9.12. The van der Waals surface area contributed by atoms with Gasteiger partial charge in [0.2, 0.25) is 0 Å². The summed E-state index contributed by atoms with van der Waals surface area (Å²) in [6.07, 6.45) is 16.3. The lowest BCUT2D eigenvalue weighted by Gasteiger charge is -2.28. The molecule has 0 aliphatic carbocycles. The zero-order valence-electron chi connectivity index (χ0n) is 44.3. The van der Waals surface area contributed by atoms with Gasteiger partial charge in [0, 0.05) is 24.2 Å². The molecule has 5 aromatic heterocycles. The van der Waals surface area contributed by atoms with Crippen LogP contribution in [-0.4, -0.2) is 69.1 Å². The maximum absolute atomic E-state index is 11.5. The largest absolute Gasteiger partial charge is 0.485 e. The molecule has 8 heterocycles. The number of thiazole rings is 3. The van der Waals surface area contributed by atoms with Crippen LogP contribution in [0.15, 0.2) is 128 Å². The summed E-state index contributed by atoms with van der Waals surface area (Å²) in [6.45, 7) is 4.27. The van der Waals surface area contributed by atoms with Crippen molar-refractivity contribution in [2.24, 2.45) is 0 Å². The molecule has 3 aliphatic heterocycles. The minimum Gasteiger partial charge on any atom is -0.485 e. The van der Waals surface area contributed by atoms with Crippen molar-refractivity contribution in [3.05, 3.63) is 193 Å². The monoisotopic (exact) mass is 1170 g/mol. The van der Waals surface area contributed by atoms with Gasteiger partial charge in [-0.15, -0.1) is 0 Å². The van der Waals surface area contributed by atoms with Crippen LogP contribution in [0, 0.1) is 13.8 Å². The Labute approximate surface area is 482 Å². The first-order valence-electron chi connectivity index (χ1n) is 25.4. The topological polar surface area (TPSA) is 212 Å². The second kappa shape index (κ2) is 25.7. The van der Waals surface area contributed by atoms with Gasteiger partial charge in [0.25, 0.3) is 15.6 Å². The number of methoxy groups -OCH3 is 3. The highest BCUT2D eigenvalue weighted by molar-refractivity contribution is 7.16. The van der Waals surface area contributed by atoms with Crippen LogP contribution in [0.1, 0.15) is 111 Å². The van der Waals surface area contributed by atoms with Crippen LogP contribution in [0.2, 0.25) is 5.15 Å². The zero-order valence-corrected chi connectivity index (χ0v) is 47.5. The number of nitrogens with zero attached hydrogens (tertiary/aromatic N) is 6. The molecule has 0 spiro atoms. The molecular weight excluding hydrogens is 1120 g/mol. The van der Waals surface area contributed by atoms with E-state index in [2.05, 4.69) is 71.4 Å². The van der Waals surface area contributed by atoms with Gasteiger partial charge in [0.05, 0.1) is 51.8 Å². The molecule has 0 saturated carbocycles. The lowest BCUT2D eigenvalue weighted by atomic mass is 9.92. The van der Waals surface area contributed by atoms with Crippen molar-refractivity contribution in [1.82, 2.24) is 29.9 Å². The van der Waals surface area contributed by atoms with E-state index >= 15 is 0 Å². The van der Waals surface area contributed by atoms with Crippen molar-refractivity contribution in [2.45, 2.75) is 70.7 Å². The van der Waals surface area contributed by atoms with Gasteiger partial charge < -0.3 is 42.6 Å². The summed E-state index contributed by atoms with van der Waals surface area (Å²) in [4.78, 5) is 60.6. The standard InChI is InChI=1S/C22H21NO4S.C19H15ClN2O4S.C18H15N3O4S/c1-13-5-4-6-14(2)20(13)18-9-7-15-11-16(8-10-17(15)27-18)26-22-23-12-19(28-22)21(24)25-3;1-24-18(23)16-10-22-19(27-16)25-13-4-6-14-11(8-13)2-5-15(26-14)12-3-7-17(20)21-9-12;1-23-17(22)16-10-21-18(26-16)24-12-3-5-14-11(8-12)2-4-15(25-14)13-9-19-6-7-20-13/h4-6,8,10-12,18H,7,9H2,1-3H3;3-4,6-10,15H,2,5H2,1H3;3,5-10,15H,2,4H2,1H3. The Morgan fingerprint density at radius 2 is 0.951 bits per heavy atom. The van der Waals surface area contributed by atoms with E-state index in [1.54, 1.807) is 30.9 Å². The van der Waals surface area contributed by atoms with Gasteiger partial charge in [-0.3, -0.25) is 9.97 Å². The molecule has 3 atom stereocenters. The van der Waals surface area contributed by atoms with E-state index in [4.69, 9.17) is 44.8 Å². The Morgan fingerprint density at radius 1 is 0.506 bits per heavy atom. The zero-order chi connectivity index (χ0) is 56.4. The quantitative estimate of drug-likeness (QED) is 0.0632. The number of ether oxygens (including phenoxy) is 9. The SMILES string of the molecule is COC(=O)c1cnc(Oc2ccc3c(c2)CCC(c2c(C)cccc2C)O3)s1.COC(=O)c1cnc(Oc2ccc3c(c2)CCC(c2ccc(Cl)nc2)O3)s1.COC(=O)c1cnc(Oc2ccc3c(c2)CCC(c2cnccn2)O3)s1. The molecule has 18 nitrogen and oxygen atoms in total. The fraction of sp³-hybridized carbons (Fsp3) is 0.237. The van der Waals surface area contributed by atoms with Gasteiger partial charge in [0.15, 0.2) is 0 Å². The molecule has 81 heavy (non-hydrogen) atoms. The summed E-state index contributed by atoms with van der Waals surface area (Å²) < 4.78 is 49.8. The lowest BCUT2D eigenvalue weighted by Crippen LogP contribution is -2.17. The van der Waals surface area contributed by atoms with Gasteiger partial charge in [0.1, 0.15) is 72.6 Å². The predicted octanol–water partition coefficient (Wildman–Crippen LogP) is 13.8. The minimum absolute atomic E-state index is 0.0457. The van der Waals surface area contributed by atoms with Crippen LogP contribution >= 0.6 is 45.6 Å². The van der Waals surface area contributed by atoms with Crippen LogP contribution in [0.25, 0.3) is 0 Å². The summed E-state index contributed by atoms with van der Waals surface area (Å²) in [6, 6.07) is 27.1. The van der Waals surface area contributed by atoms with Crippen molar-refractivity contribution >= 4 is 63.5 Å². The maximum atomic E-state index is 11.5. The molecule has 3 aliphatic rings. The smallest absolute Gasteiger partial charge is 0.349 e. The van der Waals surface area contributed by atoms with E-state index in [1.165, 1.54) is 56.6 Å². The van der Waals surface area contributed by atoms with Crippen molar-refractivity contribution in [1.29, 1.82) is 0 Å². The number of esters is 3. The highest BCUT2D eigenvalue weighted by atomic mass is 35.5. The molecule has 4 aromatic carbocycles. The van der Waals surface area contributed by atoms with Crippen LogP contribution < -0.4 is 28.4 Å². The fourth-order valence-corrected chi connectivity index (χ4v) is 11.3. The third-order valence-corrected chi connectivity index (χ3v) is 15.8. The van der Waals surface area contributed by atoms with Gasteiger partial charge in [-0.25, -0.2) is 34.3 Å². The van der Waals surface area contributed by atoms with Crippen LogP contribution in [0.3, 0.4) is 0 Å². The van der Waals surface area contributed by atoms with Crippen LogP contribution in [-0.2, 0) is 33.5 Å². The summed E-state index contributed by atoms with van der Waals surface area (Å²) in [5.41, 5.74) is 8.89. The minimum atomic E-state index is -0.427. The molecule has 0 bridgehead atoms. The van der Waals surface area contributed by atoms with E-state index in [1.807, 2.05) is 60.7 Å². The number of hydrogen-bond donors (Lipinski definition) is 0. The van der Waals surface area contributed by atoms with E-state index in [0.717, 1.165) is 118 Å². The van der Waals surface area contributed by atoms with E-state index in [0.29, 0.717) is 52.6 Å². The average molecular weight is 1170 g/mol. The van der Waals surface area contributed by atoms with Gasteiger partial charge in [-0.2, -0.15) is 0 Å². The van der Waals surface area contributed by atoms with E-state index < -0.39 is 17.9 Å². The highest BCUT2D eigenvalue weighted by Gasteiger charge is 2.27. The molecular formula is C59H51ClN6O12S3. The molecule has 3 unspecified atom stereocenters. The molecule has 22 heteroatoms. The number of carbonyl (C=O) groups is 3. The number of hydrogen-bond acceptors (Lipinski definition) is 21. The predicted molar refractivity (Wildman–Crippen MR) is 302 cm³/mol. The molecule has 0 saturated heterocycles. The maximum Gasteiger partial charge on any atom is 0.349 e. The molecule has 12 rings (SSSR count). The molecule has 0 fully saturated rings. The van der Waals surface area contributed by atoms with Crippen LogP contribution in [0.4, 0.5) is 0 Å². The second-order valence-electron chi connectivity index (χ2n) is 18.3. The Morgan fingerprint density at radius 3 is 1.38 bits per heavy atom. The highest BCUT2D eigenvalue weighted by Crippen LogP contribution is 2.42. The Hall–Kier alpha value is -8.50. The number of halogens is 1. The van der Waals surface area contributed by atoms with Crippen molar-refractivity contribution in [3.63, 3.8) is 0 Å². The van der Waals surface area contributed by atoms with Crippen molar-refractivity contribution in [2.75, 3.05) is 21.3 Å². The first kappa shape index (κ1) is 55.8. The van der Waals surface area contributed by atoms with Gasteiger partial charge in [-0.1, -0.05) is 69.9 Å². The number of rotatable bonds is 12. The number of aryl methyl sites for hydroxylation is 5. The Bertz CT molecular complexity index is 3670. The Kier molecular flexibility index (Phi) is 17.7. The molecule has 0 radical (unpaired) electrons. The first-order chi connectivity index (χ1) is 39.4. The summed E-state index contributed by atoms with van der Waals surface area (Å²) >= 11 is 9.29. The summed E-state index contributed by atoms with van der Waals surface area (Å²) in [5, 5.41) is 1.65. The van der Waals surface area contributed by atoms with Gasteiger partial charge >= 0.3 is 17.9 Å². The number of pyridine rings is 1. The van der Waals surface area contributed by atoms with Crippen LogP contribution in [0.5, 0.6) is 50.1 Å². The molecule has 0 amide bonds.